The van der Waals surface area contributed by atoms with Crippen molar-refractivity contribution in [1.82, 2.24) is 14.8 Å². The maximum Gasteiger partial charge on any atom is 0.309 e. The molecule has 408 valence electrons. The van der Waals surface area contributed by atoms with Gasteiger partial charge in [0.2, 0.25) is 0 Å². The van der Waals surface area contributed by atoms with Crippen LogP contribution in [0.4, 0.5) is 0 Å². The Morgan fingerprint density at radius 1 is 0.973 bits per heavy atom. The summed E-state index contributed by atoms with van der Waals surface area (Å²) in [7, 11) is 6.80. The Kier molecular flexibility index (Phi) is 22.7. The fourth-order valence-electron chi connectivity index (χ4n) is 10.4. The first-order valence-corrected chi connectivity index (χ1v) is 25.8. The number of aliphatic hydroxyl groups excluding tert-OH is 2. The normalized spacial score (nSPS) is 34.5. The third kappa shape index (κ3) is 16.5. The Morgan fingerprint density at radius 2 is 1.68 bits per heavy atom. The van der Waals surface area contributed by atoms with Crippen molar-refractivity contribution < 1.29 is 76.8 Å². The van der Waals surface area contributed by atoms with Crippen molar-refractivity contribution in [2.24, 2.45) is 11.8 Å². The van der Waals surface area contributed by atoms with Crippen molar-refractivity contribution in [2.45, 2.75) is 192 Å². The number of aliphatic hydroxyl groups is 2. The summed E-state index contributed by atoms with van der Waals surface area (Å²) in [6, 6.07) is 9.02. The third-order valence-electron chi connectivity index (χ3n) is 14.1. The minimum atomic E-state index is -1.44. The number of hydrogen-bond acceptors (Lipinski definition) is 19. The number of nitrogens with zero attached hydrogens (tertiary/aromatic N) is 3. The molecule has 3 aliphatic heterocycles. The number of fused-ring (bicyclic) bond motifs is 1. The number of likely N-dealkylation sites (N-methyl/N-ethyl adjacent to an activating group) is 2. The fourth-order valence-corrected chi connectivity index (χ4v) is 10.4. The minimum absolute atomic E-state index is 0.0243. The Balaban J connectivity index is 1.46. The van der Waals surface area contributed by atoms with E-state index in [9.17, 15) is 34.2 Å². The van der Waals surface area contributed by atoms with E-state index in [1.54, 1.807) is 59.8 Å². The van der Waals surface area contributed by atoms with Crippen LogP contribution in [0.5, 0.6) is 0 Å². The molecule has 0 aliphatic carbocycles. The van der Waals surface area contributed by atoms with Crippen LogP contribution in [0.1, 0.15) is 112 Å². The number of aldehydes is 1. The Morgan fingerprint density at radius 3 is 2.36 bits per heavy atom. The number of pyridine rings is 1. The third-order valence-corrected chi connectivity index (χ3v) is 14.1. The van der Waals surface area contributed by atoms with E-state index in [0.717, 1.165) is 22.8 Å². The summed E-state index contributed by atoms with van der Waals surface area (Å²) in [5.41, 5.74) is 0.430. The number of para-hydroxylation sites is 1. The SMILES string of the molecule is CCC(=O)O[C@@H]1CC(=O)O[C@@H](C/C=C\c2cnc3ccccc3c2)CCCN(C)C[C@H](O)[C@H](C)C[C@H](CC=O)[C@H](O[C@@H]2OC(C)[C@@H](O[C@H]3CC(C)(OC(C)=O)[C@@H](OC(=O)CC)C(C)O3)C(N(C)C)C2O)[C@H]1OC. The highest BCUT2D eigenvalue weighted by atomic mass is 16.7. The number of carbonyl (C=O) groups is 5. The standard InChI is InChI=1S/C54H81N3O16/c1-12-43(61)69-42-28-45(63)68-39(20-16-18-36-27-37-19-14-15-22-40(37)55-30-36)21-17-24-57(10)31-41(60)32(3)26-38(23-25-58)50(51(42)65-11)72-53-48(64)47(56(8)9)49(33(4)67-53)71-46-29-54(7,73-35(6)59)52(34(5)66-46)70-44(62)13-2/h14-16,18-19,22,25,27,30,32-34,38-39,41-42,46-53,60,64H,12-13,17,20-21,23-24,26,28-29,31H2,1-11H3/b18-16-/t32-,33?,34?,38+,39+,41+,42-,46+,47?,48?,49-,50+,51+,52+,53+,54?/m1/s1. The summed E-state index contributed by atoms with van der Waals surface area (Å²) in [5, 5.41) is 25.0. The quantitative estimate of drug-likeness (QED) is 0.125. The zero-order valence-corrected chi connectivity index (χ0v) is 44.6. The van der Waals surface area contributed by atoms with Crippen molar-refractivity contribution in [2.75, 3.05) is 41.3 Å². The first-order chi connectivity index (χ1) is 34.7. The molecular weight excluding hydrogens is 947 g/mol. The number of esters is 4. The highest BCUT2D eigenvalue weighted by Crippen LogP contribution is 2.39. The molecule has 0 spiro atoms. The number of aromatic nitrogens is 1. The molecule has 0 bridgehead atoms. The largest absolute Gasteiger partial charge is 0.462 e. The van der Waals surface area contributed by atoms with E-state index < -0.39 is 127 Å². The van der Waals surface area contributed by atoms with Gasteiger partial charge in [-0.1, -0.05) is 51.1 Å². The highest BCUT2D eigenvalue weighted by Gasteiger charge is 2.54. The van der Waals surface area contributed by atoms with E-state index in [0.29, 0.717) is 32.4 Å². The smallest absolute Gasteiger partial charge is 0.309 e. The van der Waals surface area contributed by atoms with Crippen LogP contribution in [-0.4, -0.2) is 182 Å². The molecule has 2 N–H and O–H groups in total. The second kappa shape index (κ2) is 27.9. The minimum Gasteiger partial charge on any atom is -0.462 e. The van der Waals surface area contributed by atoms with E-state index in [2.05, 4.69) is 4.98 Å². The van der Waals surface area contributed by atoms with Crippen LogP contribution in [0, 0.1) is 11.8 Å². The van der Waals surface area contributed by atoms with Gasteiger partial charge < -0.3 is 67.4 Å². The first kappa shape index (κ1) is 59.4. The number of rotatable bonds is 16. The van der Waals surface area contributed by atoms with Gasteiger partial charge in [0.15, 0.2) is 24.3 Å². The van der Waals surface area contributed by atoms with E-state index in [1.807, 2.05) is 61.4 Å². The predicted octanol–water partition coefficient (Wildman–Crippen LogP) is 5.18. The molecule has 3 fully saturated rings. The van der Waals surface area contributed by atoms with Crippen molar-refractivity contribution in [3.63, 3.8) is 0 Å². The van der Waals surface area contributed by atoms with Crippen LogP contribution >= 0.6 is 0 Å². The second-order valence-electron chi connectivity index (χ2n) is 20.3. The van der Waals surface area contributed by atoms with E-state index in [1.165, 1.54) is 14.0 Å². The summed E-state index contributed by atoms with van der Waals surface area (Å²) in [6.07, 6.45) is -4.68. The summed E-state index contributed by atoms with van der Waals surface area (Å²) < 4.78 is 56.1. The van der Waals surface area contributed by atoms with Crippen LogP contribution < -0.4 is 0 Å². The molecule has 2 aromatic rings. The van der Waals surface area contributed by atoms with Gasteiger partial charge in [-0.3, -0.25) is 24.2 Å². The molecule has 1 aromatic heterocycles. The van der Waals surface area contributed by atoms with Gasteiger partial charge in [0.05, 0.1) is 42.4 Å². The Labute approximate surface area is 430 Å². The molecule has 5 rings (SSSR count). The summed E-state index contributed by atoms with van der Waals surface area (Å²) in [6.45, 7) is 12.4. The van der Waals surface area contributed by atoms with Crippen LogP contribution in [-0.2, 0) is 66.6 Å². The lowest BCUT2D eigenvalue weighted by Gasteiger charge is -2.50. The van der Waals surface area contributed by atoms with E-state index >= 15 is 0 Å². The van der Waals surface area contributed by atoms with Gasteiger partial charge in [0, 0.05) is 64.3 Å². The molecule has 0 saturated carbocycles. The van der Waals surface area contributed by atoms with Gasteiger partial charge in [0.1, 0.15) is 36.8 Å². The van der Waals surface area contributed by atoms with Gasteiger partial charge >= 0.3 is 23.9 Å². The van der Waals surface area contributed by atoms with E-state index in [4.69, 9.17) is 42.6 Å². The van der Waals surface area contributed by atoms with Crippen molar-refractivity contribution in [1.29, 1.82) is 0 Å². The predicted molar refractivity (Wildman–Crippen MR) is 268 cm³/mol. The lowest BCUT2D eigenvalue weighted by molar-refractivity contribution is -0.344. The first-order valence-electron chi connectivity index (χ1n) is 25.8. The van der Waals surface area contributed by atoms with Crippen LogP contribution in [0.15, 0.2) is 42.6 Å². The summed E-state index contributed by atoms with van der Waals surface area (Å²) in [5.74, 6) is -3.46. The molecule has 4 heterocycles. The fraction of sp³-hybridized carbons (Fsp3) is 0.704. The molecule has 1 aromatic carbocycles. The number of carbonyl (C=O) groups excluding carboxylic acids is 5. The molecule has 0 amide bonds. The summed E-state index contributed by atoms with van der Waals surface area (Å²) >= 11 is 0. The van der Waals surface area contributed by atoms with Crippen LogP contribution in [0.25, 0.3) is 17.0 Å². The molecule has 0 radical (unpaired) electrons. The molecule has 16 atom stereocenters. The van der Waals surface area contributed by atoms with Crippen molar-refractivity contribution >= 4 is 47.1 Å². The van der Waals surface area contributed by atoms with Gasteiger partial charge in [-0.2, -0.15) is 0 Å². The molecule has 3 aliphatic rings. The maximum atomic E-state index is 14.2. The molecular formula is C54H81N3O16. The van der Waals surface area contributed by atoms with Crippen molar-refractivity contribution in [3.8, 4) is 0 Å². The highest BCUT2D eigenvalue weighted by molar-refractivity contribution is 5.80. The van der Waals surface area contributed by atoms with Crippen LogP contribution in [0.3, 0.4) is 0 Å². The topological polar surface area (TPSA) is 228 Å². The zero-order chi connectivity index (χ0) is 53.6. The van der Waals surface area contributed by atoms with Gasteiger partial charge in [0.25, 0.3) is 0 Å². The number of methoxy groups -OCH3 is 1. The Hall–Kier alpha value is -4.44. The second-order valence-corrected chi connectivity index (χ2v) is 20.3. The lowest BCUT2D eigenvalue weighted by Crippen LogP contribution is -2.66. The lowest BCUT2D eigenvalue weighted by atomic mass is 9.82. The van der Waals surface area contributed by atoms with Gasteiger partial charge in [-0.25, -0.2) is 0 Å². The Bertz CT molecular complexity index is 2140. The molecule has 73 heavy (non-hydrogen) atoms. The van der Waals surface area contributed by atoms with Crippen molar-refractivity contribution in [3.05, 3.63) is 48.2 Å². The van der Waals surface area contributed by atoms with Crippen LogP contribution in [0.2, 0.25) is 0 Å². The monoisotopic (exact) mass is 1030 g/mol. The van der Waals surface area contributed by atoms with Gasteiger partial charge in [-0.05, 0) is 97.3 Å². The van der Waals surface area contributed by atoms with Gasteiger partial charge in [-0.15, -0.1) is 0 Å². The number of benzene rings is 1. The number of β-amino-alcohol motifs (C(OH)–C–C–N with tert-alkyl or cyclic N) is 1. The number of hydrogen-bond donors (Lipinski definition) is 2. The number of cyclic esters (lactones) is 1. The zero-order valence-electron chi connectivity index (χ0n) is 44.6. The average molecular weight is 1030 g/mol. The molecule has 5 unspecified atom stereocenters. The molecule has 3 saturated heterocycles. The maximum absolute atomic E-state index is 14.2. The number of ether oxygens (including phenoxy) is 9. The average Bonchev–Trinajstić information content (AvgIpc) is 3.32. The molecule has 19 heteroatoms. The van der Waals surface area contributed by atoms with E-state index in [-0.39, 0.29) is 32.1 Å². The molecule has 19 nitrogen and oxygen atoms in total. The summed E-state index contributed by atoms with van der Waals surface area (Å²) in [4.78, 5) is 73.3.